The summed E-state index contributed by atoms with van der Waals surface area (Å²) < 4.78 is 29.5. The predicted molar refractivity (Wildman–Crippen MR) is 89.0 cm³/mol. The molecule has 0 radical (unpaired) electrons. The van der Waals surface area contributed by atoms with Gasteiger partial charge >= 0.3 is 5.97 Å². The fourth-order valence-corrected chi connectivity index (χ4v) is 4.46. The number of carbonyl (C=O) groups is 1. The highest BCUT2D eigenvalue weighted by atomic mass is 35.5. The summed E-state index contributed by atoms with van der Waals surface area (Å²) in [6, 6.07) is 1.42. The molecular weight excluding hydrogens is 354 g/mol. The summed E-state index contributed by atoms with van der Waals surface area (Å²) in [7, 11) is -3.09. The molecule has 0 aromatic carbocycles. The Labute approximate surface area is 145 Å². The van der Waals surface area contributed by atoms with Crippen molar-refractivity contribution < 1.29 is 17.9 Å². The van der Waals surface area contributed by atoms with Gasteiger partial charge in [0.2, 0.25) is 0 Å². The summed E-state index contributed by atoms with van der Waals surface area (Å²) in [5.41, 5.74) is 0.669. The largest absolute Gasteiger partial charge is 0.457 e. The molecule has 0 amide bonds. The number of ether oxygens (including phenoxy) is 1. The van der Waals surface area contributed by atoms with Crippen molar-refractivity contribution in [3.63, 3.8) is 0 Å². The number of aromatic nitrogens is 2. The zero-order chi connectivity index (χ0) is 17.9. The number of hydrogen-bond acceptors (Lipinski definition) is 6. The third-order valence-electron chi connectivity index (χ3n) is 3.59. The van der Waals surface area contributed by atoms with Crippen molar-refractivity contribution in [2.75, 3.05) is 18.1 Å². The molecule has 9 heteroatoms. The van der Waals surface area contributed by atoms with Crippen LogP contribution in [0.1, 0.15) is 23.7 Å². The van der Waals surface area contributed by atoms with Gasteiger partial charge in [-0.25, -0.2) is 17.9 Å². The van der Waals surface area contributed by atoms with Crippen LogP contribution >= 0.6 is 11.6 Å². The minimum absolute atomic E-state index is 0.0102. The highest BCUT2D eigenvalue weighted by Gasteiger charge is 2.32. The number of sulfone groups is 1. The third kappa shape index (κ3) is 3.86. The zero-order valence-electron chi connectivity index (χ0n) is 13.0. The SMILES string of the molecule is C=CCOC(=O)/C(C#N)=C/c1c(C)nn([C@H]2CCS(=O)(=O)C2)c1Cl. The van der Waals surface area contributed by atoms with Gasteiger partial charge in [0.15, 0.2) is 9.84 Å². The molecular formula is C15H16ClN3O4S. The number of halogens is 1. The fraction of sp³-hybridized carbons (Fsp3) is 0.400. The van der Waals surface area contributed by atoms with Gasteiger partial charge in [-0.2, -0.15) is 10.4 Å². The van der Waals surface area contributed by atoms with E-state index in [1.807, 2.05) is 0 Å². The highest BCUT2D eigenvalue weighted by molar-refractivity contribution is 7.91. The van der Waals surface area contributed by atoms with Gasteiger partial charge < -0.3 is 4.74 Å². The van der Waals surface area contributed by atoms with E-state index < -0.39 is 15.8 Å². The van der Waals surface area contributed by atoms with Gasteiger partial charge in [-0.15, -0.1) is 0 Å². The van der Waals surface area contributed by atoms with Crippen LogP contribution in [-0.2, 0) is 19.4 Å². The molecule has 1 saturated heterocycles. The first-order valence-electron chi connectivity index (χ1n) is 7.14. The molecule has 1 atom stereocenters. The van der Waals surface area contributed by atoms with Crippen molar-refractivity contribution in [1.29, 1.82) is 5.26 Å². The quantitative estimate of drug-likeness (QED) is 0.339. The maximum Gasteiger partial charge on any atom is 0.349 e. The van der Waals surface area contributed by atoms with Gasteiger partial charge in [-0.1, -0.05) is 24.3 Å². The molecule has 0 bridgehead atoms. The van der Waals surface area contributed by atoms with E-state index in [4.69, 9.17) is 21.6 Å². The Balaban J connectivity index is 2.35. The molecule has 0 saturated carbocycles. The molecule has 1 fully saturated rings. The first-order chi connectivity index (χ1) is 11.3. The lowest BCUT2D eigenvalue weighted by molar-refractivity contribution is -0.137. The van der Waals surface area contributed by atoms with E-state index in [0.29, 0.717) is 17.7 Å². The summed E-state index contributed by atoms with van der Waals surface area (Å²) in [6.07, 6.45) is 3.12. The molecule has 2 rings (SSSR count). The topological polar surface area (TPSA) is 102 Å². The highest BCUT2D eigenvalue weighted by Crippen LogP contribution is 2.31. The first kappa shape index (κ1) is 18.2. The maximum atomic E-state index is 11.8. The van der Waals surface area contributed by atoms with Gasteiger partial charge in [-0.3, -0.25) is 0 Å². The number of aryl methyl sites for hydroxylation is 1. The van der Waals surface area contributed by atoms with Crippen LogP contribution in [0.4, 0.5) is 0 Å². The number of nitrogens with zero attached hydrogens (tertiary/aromatic N) is 3. The number of rotatable bonds is 5. The summed E-state index contributed by atoms with van der Waals surface area (Å²) in [4.78, 5) is 11.8. The monoisotopic (exact) mass is 369 g/mol. The molecule has 0 spiro atoms. The summed E-state index contributed by atoms with van der Waals surface area (Å²) >= 11 is 6.30. The Morgan fingerprint density at radius 3 is 2.88 bits per heavy atom. The molecule has 0 N–H and O–H groups in total. The maximum absolute atomic E-state index is 11.8. The molecule has 2 heterocycles. The molecule has 24 heavy (non-hydrogen) atoms. The number of hydrogen-bond donors (Lipinski definition) is 0. The zero-order valence-corrected chi connectivity index (χ0v) is 14.6. The molecule has 0 unspecified atom stereocenters. The molecule has 1 aliphatic heterocycles. The lowest BCUT2D eigenvalue weighted by Gasteiger charge is -2.09. The van der Waals surface area contributed by atoms with Crippen LogP contribution in [0.5, 0.6) is 0 Å². The Morgan fingerprint density at radius 2 is 2.33 bits per heavy atom. The Morgan fingerprint density at radius 1 is 1.62 bits per heavy atom. The standard InChI is InChI=1S/C15H16ClN3O4S/c1-3-5-23-15(20)11(8-17)7-13-10(2)18-19(14(13)16)12-4-6-24(21,22)9-12/h3,7,12H,1,4-6,9H2,2H3/b11-7+/t12-/m0/s1. The van der Waals surface area contributed by atoms with E-state index in [1.165, 1.54) is 16.8 Å². The normalized spacial score (nSPS) is 19.7. The average molecular weight is 370 g/mol. The summed E-state index contributed by atoms with van der Waals surface area (Å²) in [5, 5.41) is 13.6. The van der Waals surface area contributed by atoms with Gasteiger partial charge in [0.1, 0.15) is 23.4 Å². The van der Waals surface area contributed by atoms with Crippen LogP contribution in [0.2, 0.25) is 5.15 Å². The number of carbonyl (C=O) groups excluding carboxylic acids is 1. The van der Waals surface area contributed by atoms with Gasteiger partial charge in [0.25, 0.3) is 0 Å². The van der Waals surface area contributed by atoms with Crippen LogP contribution < -0.4 is 0 Å². The van der Waals surface area contributed by atoms with Crippen molar-refractivity contribution in [1.82, 2.24) is 9.78 Å². The van der Waals surface area contributed by atoms with Crippen LogP contribution in [0, 0.1) is 18.3 Å². The van der Waals surface area contributed by atoms with E-state index in [2.05, 4.69) is 11.7 Å². The molecule has 1 aromatic heterocycles. The Bertz CT molecular complexity index is 849. The van der Waals surface area contributed by atoms with Crippen LogP contribution in [0.25, 0.3) is 6.08 Å². The van der Waals surface area contributed by atoms with Crippen molar-refractivity contribution in [2.45, 2.75) is 19.4 Å². The van der Waals surface area contributed by atoms with Crippen LogP contribution in [0.15, 0.2) is 18.2 Å². The smallest absolute Gasteiger partial charge is 0.349 e. The minimum Gasteiger partial charge on any atom is -0.457 e. The first-order valence-corrected chi connectivity index (χ1v) is 9.34. The van der Waals surface area contributed by atoms with Crippen molar-refractivity contribution in [2.24, 2.45) is 0 Å². The average Bonchev–Trinajstić information content (AvgIpc) is 3.02. The van der Waals surface area contributed by atoms with Gasteiger partial charge in [0, 0.05) is 5.56 Å². The van der Waals surface area contributed by atoms with E-state index in [1.54, 1.807) is 13.0 Å². The molecule has 0 aliphatic carbocycles. The van der Waals surface area contributed by atoms with E-state index in [-0.39, 0.29) is 34.9 Å². The van der Waals surface area contributed by atoms with Gasteiger partial charge in [-0.05, 0) is 19.4 Å². The molecule has 1 aliphatic rings. The van der Waals surface area contributed by atoms with E-state index in [0.717, 1.165) is 0 Å². The second kappa shape index (κ2) is 7.20. The van der Waals surface area contributed by atoms with E-state index in [9.17, 15) is 13.2 Å². The second-order valence-electron chi connectivity index (χ2n) is 5.35. The third-order valence-corrected chi connectivity index (χ3v) is 5.71. The molecule has 1 aromatic rings. The van der Waals surface area contributed by atoms with Crippen LogP contribution in [-0.4, -0.2) is 42.3 Å². The molecule has 128 valence electrons. The lowest BCUT2D eigenvalue weighted by atomic mass is 10.1. The number of esters is 1. The Hall–Kier alpha value is -2.11. The Kier molecular flexibility index (Phi) is 5.47. The van der Waals surface area contributed by atoms with Crippen molar-refractivity contribution in [3.8, 4) is 6.07 Å². The van der Waals surface area contributed by atoms with Crippen molar-refractivity contribution in [3.05, 3.63) is 34.6 Å². The molecule has 7 nitrogen and oxygen atoms in total. The predicted octanol–water partition coefficient (Wildman–Crippen LogP) is 1.84. The van der Waals surface area contributed by atoms with E-state index >= 15 is 0 Å². The summed E-state index contributed by atoms with van der Waals surface area (Å²) in [6.45, 7) is 5.08. The van der Waals surface area contributed by atoms with Crippen LogP contribution in [0.3, 0.4) is 0 Å². The fourth-order valence-electron chi connectivity index (χ4n) is 2.40. The van der Waals surface area contributed by atoms with Gasteiger partial charge in [0.05, 0.1) is 23.2 Å². The van der Waals surface area contributed by atoms with Crippen molar-refractivity contribution >= 4 is 33.5 Å². The second-order valence-corrected chi connectivity index (χ2v) is 7.94. The number of nitriles is 1. The minimum atomic E-state index is -3.09. The summed E-state index contributed by atoms with van der Waals surface area (Å²) in [5.74, 6) is -0.720. The lowest BCUT2D eigenvalue weighted by Crippen LogP contribution is -2.12.